The number of benzene rings is 3. The van der Waals surface area contributed by atoms with E-state index < -0.39 is 5.79 Å². The van der Waals surface area contributed by atoms with Gasteiger partial charge in [-0.15, -0.1) is 0 Å². The van der Waals surface area contributed by atoms with Gasteiger partial charge in [0.25, 0.3) is 0 Å². The first kappa shape index (κ1) is 29.2. The van der Waals surface area contributed by atoms with Crippen molar-refractivity contribution < 1.29 is 19.7 Å². The van der Waals surface area contributed by atoms with Crippen LogP contribution in [0.2, 0.25) is 0 Å². The van der Waals surface area contributed by atoms with Crippen molar-refractivity contribution in [2.75, 3.05) is 14.2 Å². The summed E-state index contributed by atoms with van der Waals surface area (Å²) in [6.07, 6.45) is 5.17. The predicted molar refractivity (Wildman–Crippen MR) is 157 cm³/mol. The van der Waals surface area contributed by atoms with Gasteiger partial charge in [-0.05, 0) is 45.7 Å². The Kier molecular flexibility index (Phi) is 8.91. The van der Waals surface area contributed by atoms with E-state index in [1.165, 1.54) is 22.3 Å². The molecule has 0 saturated carbocycles. The maximum atomic E-state index is 9.58. The minimum atomic E-state index is -0.690. The number of para-hydroxylation sites is 2. The lowest BCUT2D eigenvalue weighted by atomic mass is 9.77. The molecule has 4 heteroatoms. The molecule has 0 amide bonds. The van der Waals surface area contributed by atoms with Gasteiger partial charge in [-0.1, -0.05) is 114 Å². The van der Waals surface area contributed by atoms with E-state index >= 15 is 0 Å². The molecule has 2 N–H and O–H groups in total. The predicted octanol–water partition coefficient (Wildman–Crippen LogP) is 8.50. The second kappa shape index (κ2) is 11.6. The fraction of sp³-hybridized carbons (Fsp3) is 0.353. The molecular formula is C34H42O4. The summed E-state index contributed by atoms with van der Waals surface area (Å²) >= 11 is 0. The van der Waals surface area contributed by atoms with Crippen LogP contribution in [0.4, 0.5) is 0 Å². The van der Waals surface area contributed by atoms with Crippen LogP contribution in [0.15, 0.2) is 90.5 Å². The molecule has 0 atom stereocenters. The molecule has 0 spiro atoms. The molecule has 4 nitrogen and oxygen atoms in total. The number of rotatable bonds is 4. The van der Waals surface area contributed by atoms with Crippen LogP contribution < -0.4 is 0 Å². The molecular weight excluding hydrogens is 472 g/mol. The third-order valence-corrected chi connectivity index (χ3v) is 6.96. The lowest BCUT2D eigenvalue weighted by Gasteiger charge is -2.37. The maximum Gasteiger partial charge on any atom is 0.191 e. The smallest absolute Gasteiger partial charge is 0.191 e. The van der Waals surface area contributed by atoms with Gasteiger partial charge in [0, 0.05) is 31.8 Å². The topological polar surface area (TPSA) is 58.9 Å². The summed E-state index contributed by atoms with van der Waals surface area (Å²) in [6, 6.07) is 22.7. The number of hydrogen-bond donors (Lipinski definition) is 2. The number of phenols is 2. The van der Waals surface area contributed by atoms with Crippen molar-refractivity contribution in [1.82, 2.24) is 0 Å². The van der Waals surface area contributed by atoms with Gasteiger partial charge in [0.1, 0.15) is 11.5 Å². The second-order valence-electron chi connectivity index (χ2n) is 11.8. The zero-order valence-electron chi connectivity index (χ0n) is 24.0. The van der Waals surface area contributed by atoms with Gasteiger partial charge in [-0.25, -0.2) is 0 Å². The second-order valence-corrected chi connectivity index (χ2v) is 11.8. The van der Waals surface area contributed by atoms with Crippen LogP contribution in [0.25, 0.3) is 16.7 Å². The van der Waals surface area contributed by atoms with E-state index in [-0.39, 0.29) is 22.3 Å². The molecule has 0 fully saturated rings. The Bertz CT molecular complexity index is 1250. The van der Waals surface area contributed by atoms with E-state index in [1.54, 1.807) is 50.6 Å². The number of allylic oxidation sites excluding steroid dienone is 2. The molecule has 202 valence electrons. The van der Waals surface area contributed by atoms with Crippen LogP contribution in [-0.2, 0) is 14.9 Å². The van der Waals surface area contributed by atoms with E-state index in [0.717, 1.165) is 6.42 Å². The highest BCUT2D eigenvalue weighted by Gasteiger charge is 2.36. The first-order chi connectivity index (χ1) is 17.8. The van der Waals surface area contributed by atoms with E-state index in [9.17, 15) is 10.2 Å². The van der Waals surface area contributed by atoms with Gasteiger partial charge >= 0.3 is 0 Å². The van der Waals surface area contributed by atoms with E-state index in [4.69, 9.17) is 9.47 Å². The minimum Gasteiger partial charge on any atom is -0.507 e. The van der Waals surface area contributed by atoms with E-state index in [1.807, 2.05) is 12.1 Å². The molecule has 0 unspecified atom stereocenters. The fourth-order valence-corrected chi connectivity index (χ4v) is 4.40. The first-order valence-corrected chi connectivity index (χ1v) is 13.0. The fourth-order valence-electron chi connectivity index (χ4n) is 4.40. The first-order valence-electron chi connectivity index (χ1n) is 13.0. The highest BCUT2D eigenvalue weighted by Crippen LogP contribution is 2.42. The Labute approximate surface area is 228 Å². The molecule has 3 aromatic carbocycles. The van der Waals surface area contributed by atoms with Crippen LogP contribution in [0, 0.1) is 5.41 Å². The van der Waals surface area contributed by atoms with E-state index in [2.05, 4.69) is 78.0 Å². The Morgan fingerprint density at radius 1 is 0.684 bits per heavy atom. The molecule has 0 bridgehead atoms. The molecule has 4 rings (SSSR count). The van der Waals surface area contributed by atoms with Crippen LogP contribution in [0.5, 0.6) is 11.5 Å². The lowest BCUT2D eigenvalue weighted by Crippen LogP contribution is -2.36. The van der Waals surface area contributed by atoms with Crippen molar-refractivity contribution in [3.63, 3.8) is 0 Å². The minimum absolute atomic E-state index is 0.0729. The van der Waals surface area contributed by atoms with Gasteiger partial charge in [0.2, 0.25) is 0 Å². The summed E-state index contributed by atoms with van der Waals surface area (Å²) in [5.41, 5.74) is 6.53. The summed E-state index contributed by atoms with van der Waals surface area (Å²) in [6.45, 7) is 13.4. The average molecular weight is 515 g/mol. The normalized spacial score (nSPS) is 15.2. The quantitative estimate of drug-likeness (QED) is 0.343. The SMILES string of the molecule is COC1(OC)C=C(c2cccc(C(C)(C)C)c2)C=C(C(C)(C)C)C1.Oc1ccccc1-c1ccccc1O. The molecule has 0 aliphatic heterocycles. The largest absolute Gasteiger partial charge is 0.507 e. The molecule has 0 saturated heterocycles. The Balaban J connectivity index is 0.000000241. The maximum absolute atomic E-state index is 9.58. The van der Waals surface area contributed by atoms with Gasteiger partial charge in [-0.2, -0.15) is 0 Å². The van der Waals surface area contributed by atoms with Crippen LogP contribution in [0.3, 0.4) is 0 Å². The van der Waals surface area contributed by atoms with Crippen molar-refractivity contribution in [1.29, 1.82) is 0 Å². The van der Waals surface area contributed by atoms with E-state index in [0.29, 0.717) is 11.1 Å². The van der Waals surface area contributed by atoms with Crippen LogP contribution >= 0.6 is 0 Å². The van der Waals surface area contributed by atoms with Crippen molar-refractivity contribution in [2.45, 2.75) is 59.2 Å². The standard InChI is InChI=1S/C22H32O2.C12H10O2/c1-20(2,3)18-11-9-10-16(12-18)17-13-19(21(4,5)6)15-22(14-17,23-7)24-8;13-11-7-3-1-5-9(11)10-6-2-4-8-12(10)14/h9-14H,15H2,1-8H3;1-8,13-14H. The monoisotopic (exact) mass is 514 g/mol. The number of hydrogen-bond acceptors (Lipinski definition) is 4. The van der Waals surface area contributed by atoms with Gasteiger partial charge in [0.05, 0.1) is 0 Å². The molecule has 1 aliphatic rings. The van der Waals surface area contributed by atoms with Gasteiger partial charge in [-0.3, -0.25) is 0 Å². The van der Waals surface area contributed by atoms with Gasteiger partial charge < -0.3 is 19.7 Å². The Hall–Kier alpha value is -3.34. The van der Waals surface area contributed by atoms with Crippen molar-refractivity contribution in [3.8, 4) is 22.6 Å². The lowest BCUT2D eigenvalue weighted by molar-refractivity contribution is -0.170. The number of phenolic OH excluding ortho intramolecular Hbond substituents is 2. The highest BCUT2D eigenvalue weighted by atomic mass is 16.7. The summed E-state index contributed by atoms with van der Waals surface area (Å²) in [4.78, 5) is 0. The number of ether oxygens (including phenoxy) is 2. The molecule has 0 aromatic heterocycles. The van der Waals surface area contributed by atoms with Crippen molar-refractivity contribution in [3.05, 3.63) is 102 Å². The van der Waals surface area contributed by atoms with Crippen molar-refractivity contribution >= 4 is 5.57 Å². The number of methoxy groups -OCH3 is 2. The van der Waals surface area contributed by atoms with Gasteiger partial charge in [0.15, 0.2) is 5.79 Å². The zero-order chi connectivity index (χ0) is 28.1. The highest BCUT2D eigenvalue weighted by molar-refractivity contribution is 5.77. The average Bonchev–Trinajstić information content (AvgIpc) is 2.88. The van der Waals surface area contributed by atoms with Crippen LogP contribution in [-0.4, -0.2) is 30.2 Å². The summed E-state index contributed by atoms with van der Waals surface area (Å²) in [5, 5.41) is 19.2. The molecule has 0 heterocycles. The summed E-state index contributed by atoms with van der Waals surface area (Å²) < 4.78 is 11.5. The Morgan fingerprint density at radius 3 is 1.66 bits per heavy atom. The summed E-state index contributed by atoms with van der Waals surface area (Å²) in [7, 11) is 3.43. The number of aromatic hydroxyl groups is 2. The molecule has 38 heavy (non-hydrogen) atoms. The molecule has 0 radical (unpaired) electrons. The zero-order valence-corrected chi connectivity index (χ0v) is 24.0. The summed E-state index contributed by atoms with van der Waals surface area (Å²) in [5.74, 6) is -0.340. The Morgan fingerprint density at radius 2 is 1.21 bits per heavy atom. The molecule has 1 aliphatic carbocycles. The van der Waals surface area contributed by atoms with Crippen molar-refractivity contribution in [2.24, 2.45) is 5.41 Å². The third kappa shape index (κ3) is 6.94. The molecule has 3 aromatic rings. The third-order valence-electron chi connectivity index (χ3n) is 6.96. The van der Waals surface area contributed by atoms with Crippen LogP contribution in [0.1, 0.15) is 59.1 Å².